The SMILES string of the molecule is CC(C)(C)OCCN1CCNC(=O)C1. The van der Waals surface area contributed by atoms with E-state index in [1.807, 2.05) is 20.8 Å². The van der Waals surface area contributed by atoms with Crippen LogP contribution in [0.2, 0.25) is 0 Å². The van der Waals surface area contributed by atoms with Crippen molar-refractivity contribution in [2.75, 3.05) is 32.8 Å². The van der Waals surface area contributed by atoms with Crippen LogP contribution in [0.3, 0.4) is 0 Å². The number of hydrogen-bond acceptors (Lipinski definition) is 3. The predicted molar refractivity (Wildman–Crippen MR) is 55.2 cm³/mol. The number of piperazine rings is 1. The Morgan fingerprint density at radius 1 is 1.50 bits per heavy atom. The molecule has 14 heavy (non-hydrogen) atoms. The standard InChI is InChI=1S/C10H20N2O2/c1-10(2,3)14-7-6-12-5-4-11-9(13)8-12/h4-8H2,1-3H3,(H,11,13). The number of rotatable bonds is 3. The Hall–Kier alpha value is -0.610. The maximum atomic E-state index is 11.0. The summed E-state index contributed by atoms with van der Waals surface area (Å²) < 4.78 is 5.59. The topological polar surface area (TPSA) is 41.6 Å². The summed E-state index contributed by atoms with van der Waals surface area (Å²) in [5.74, 6) is 0.118. The minimum Gasteiger partial charge on any atom is -0.375 e. The van der Waals surface area contributed by atoms with E-state index in [2.05, 4.69) is 10.2 Å². The lowest BCUT2D eigenvalue weighted by Gasteiger charge is -2.28. The van der Waals surface area contributed by atoms with E-state index in [1.54, 1.807) is 0 Å². The van der Waals surface area contributed by atoms with Gasteiger partial charge in [0, 0.05) is 19.6 Å². The molecule has 1 rings (SSSR count). The third kappa shape index (κ3) is 4.58. The fourth-order valence-corrected chi connectivity index (χ4v) is 1.36. The van der Waals surface area contributed by atoms with Crippen molar-refractivity contribution in [2.24, 2.45) is 0 Å². The minimum absolute atomic E-state index is 0.0853. The molecule has 0 radical (unpaired) electrons. The van der Waals surface area contributed by atoms with Crippen molar-refractivity contribution in [1.82, 2.24) is 10.2 Å². The average molecular weight is 200 g/mol. The van der Waals surface area contributed by atoms with E-state index in [0.717, 1.165) is 19.6 Å². The van der Waals surface area contributed by atoms with Crippen LogP contribution >= 0.6 is 0 Å². The van der Waals surface area contributed by atoms with E-state index in [0.29, 0.717) is 13.2 Å². The number of carbonyl (C=O) groups excluding carboxylic acids is 1. The Morgan fingerprint density at radius 3 is 2.79 bits per heavy atom. The van der Waals surface area contributed by atoms with Crippen LogP contribution in [0.15, 0.2) is 0 Å². The Bertz CT molecular complexity index is 199. The zero-order valence-corrected chi connectivity index (χ0v) is 9.30. The van der Waals surface area contributed by atoms with Gasteiger partial charge in [0.25, 0.3) is 0 Å². The summed E-state index contributed by atoms with van der Waals surface area (Å²) in [6.07, 6.45) is 0. The first-order chi connectivity index (χ1) is 6.47. The molecule has 1 aliphatic rings. The molecule has 1 fully saturated rings. The van der Waals surface area contributed by atoms with Crippen LogP contribution in [-0.2, 0) is 9.53 Å². The average Bonchev–Trinajstić information content (AvgIpc) is 2.01. The van der Waals surface area contributed by atoms with E-state index >= 15 is 0 Å². The maximum absolute atomic E-state index is 11.0. The lowest BCUT2D eigenvalue weighted by Crippen LogP contribution is -2.48. The highest BCUT2D eigenvalue weighted by Crippen LogP contribution is 2.06. The monoisotopic (exact) mass is 200 g/mol. The molecule has 4 heteroatoms. The molecule has 1 N–H and O–H groups in total. The zero-order chi connectivity index (χ0) is 10.6. The minimum atomic E-state index is -0.0853. The molecule has 1 heterocycles. The molecule has 0 saturated carbocycles. The van der Waals surface area contributed by atoms with Gasteiger partial charge >= 0.3 is 0 Å². The highest BCUT2D eigenvalue weighted by Gasteiger charge is 2.16. The van der Waals surface area contributed by atoms with Gasteiger partial charge in [-0.25, -0.2) is 0 Å². The lowest BCUT2D eigenvalue weighted by atomic mass is 10.2. The van der Waals surface area contributed by atoms with Gasteiger partial charge in [-0.05, 0) is 20.8 Å². The van der Waals surface area contributed by atoms with Gasteiger partial charge in [-0.1, -0.05) is 0 Å². The van der Waals surface area contributed by atoms with Crippen molar-refractivity contribution in [3.8, 4) is 0 Å². The van der Waals surface area contributed by atoms with Gasteiger partial charge in [0.05, 0.1) is 18.8 Å². The van der Waals surface area contributed by atoms with Gasteiger partial charge in [0.15, 0.2) is 0 Å². The van der Waals surface area contributed by atoms with Crippen LogP contribution in [0.4, 0.5) is 0 Å². The first-order valence-corrected chi connectivity index (χ1v) is 5.10. The zero-order valence-electron chi connectivity index (χ0n) is 9.30. The van der Waals surface area contributed by atoms with E-state index in [-0.39, 0.29) is 11.5 Å². The van der Waals surface area contributed by atoms with E-state index in [9.17, 15) is 4.79 Å². The summed E-state index contributed by atoms with van der Waals surface area (Å²) in [4.78, 5) is 13.2. The van der Waals surface area contributed by atoms with Gasteiger partial charge in [0.1, 0.15) is 0 Å². The molecule has 0 aromatic rings. The Morgan fingerprint density at radius 2 is 2.21 bits per heavy atom. The number of nitrogens with one attached hydrogen (secondary N) is 1. The predicted octanol–water partition coefficient (Wildman–Crippen LogP) is 0.233. The van der Waals surface area contributed by atoms with Crippen LogP contribution in [0.25, 0.3) is 0 Å². The molecule has 0 atom stereocenters. The summed E-state index contributed by atoms with van der Waals surface area (Å²) in [6, 6.07) is 0. The van der Waals surface area contributed by atoms with Gasteiger partial charge in [0.2, 0.25) is 5.91 Å². The highest BCUT2D eigenvalue weighted by molar-refractivity contribution is 5.78. The fraction of sp³-hybridized carbons (Fsp3) is 0.900. The summed E-state index contributed by atoms with van der Waals surface area (Å²) in [7, 11) is 0. The van der Waals surface area contributed by atoms with Crippen molar-refractivity contribution in [2.45, 2.75) is 26.4 Å². The Labute approximate surface area is 85.6 Å². The molecule has 0 aromatic heterocycles. The number of nitrogens with zero attached hydrogens (tertiary/aromatic N) is 1. The van der Waals surface area contributed by atoms with Gasteiger partial charge in [-0.2, -0.15) is 0 Å². The van der Waals surface area contributed by atoms with Crippen LogP contribution in [0, 0.1) is 0 Å². The van der Waals surface area contributed by atoms with Gasteiger partial charge in [-0.15, -0.1) is 0 Å². The maximum Gasteiger partial charge on any atom is 0.234 e. The van der Waals surface area contributed by atoms with Crippen molar-refractivity contribution in [1.29, 1.82) is 0 Å². The molecule has 0 spiro atoms. The summed E-state index contributed by atoms with van der Waals surface area (Å²) >= 11 is 0. The van der Waals surface area contributed by atoms with Gasteiger partial charge in [-0.3, -0.25) is 9.69 Å². The summed E-state index contributed by atoms with van der Waals surface area (Å²) in [5, 5.41) is 2.80. The largest absolute Gasteiger partial charge is 0.375 e. The van der Waals surface area contributed by atoms with Crippen LogP contribution in [0.1, 0.15) is 20.8 Å². The van der Waals surface area contributed by atoms with Gasteiger partial charge < -0.3 is 10.1 Å². The summed E-state index contributed by atoms with van der Waals surface area (Å²) in [6.45, 7) is 9.84. The fourth-order valence-electron chi connectivity index (χ4n) is 1.36. The normalized spacial score (nSPS) is 19.5. The van der Waals surface area contributed by atoms with E-state index in [4.69, 9.17) is 4.74 Å². The van der Waals surface area contributed by atoms with Crippen molar-refractivity contribution in [3.63, 3.8) is 0 Å². The second-order valence-electron chi connectivity index (χ2n) is 4.59. The highest BCUT2D eigenvalue weighted by atomic mass is 16.5. The molecule has 82 valence electrons. The van der Waals surface area contributed by atoms with Crippen LogP contribution < -0.4 is 5.32 Å². The molecule has 0 aromatic carbocycles. The molecular weight excluding hydrogens is 180 g/mol. The van der Waals surface area contributed by atoms with Crippen LogP contribution in [-0.4, -0.2) is 49.2 Å². The van der Waals surface area contributed by atoms with Crippen molar-refractivity contribution < 1.29 is 9.53 Å². The molecule has 0 unspecified atom stereocenters. The smallest absolute Gasteiger partial charge is 0.234 e. The third-order valence-electron chi connectivity index (χ3n) is 2.06. The first-order valence-electron chi connectivity index (χ1n) is 5.10. The third-order valence-corrected chi connectivity index (χ3v) is 2.06. The molecule has 1 saturated heterocycles. The number of hydrogen-bond donors (Lipinski definition) is 1. The Balaban J connectivity index is 2.15. The molecule has 0 aliphatic carbocycles. The molecule has 0 bridgehead atoms. The summed E-state index contributed by atoms with van der Waals surface area (Å²) in [5.41, 5.74) is -0.0853. The van der Waals surface area contributed by atoms with E-state index < -0.39 is 0 Å². The van der Waals surface area contributed by atoms with E-state index in [1.165, 1.54) is 0 Å². The molecule has 1 aliphatic heterocycles. The first kappa shape index (κ1) is 11.5. The van der Waals surface area contributed by atoms with Crippen molar-refractivity contribution >= 4 is 5.91 Å². The Kier molecular flexibility index (Phi) is 3.89. The lowest BCUT2D eigenvalue weighted by molar-refractivity contribution is -0.124. The molecular formula is C10H20N2O2. The molecule has 1 amide bonds. The second-order valence-corrected chi connectivity index (χ2v) is 4.59. The second kappa shape index (κ2) is 4.75. The number of amides is 1. The van der Waals surface area contributed by atoms with Crippen molar-refractivity contribution in [3.05, 3.63) is 0 Å². The quantitative estimate of drug-likeness (QED) is 0.709. The number of carbonyl (C=O) groups is 1. The van der Waals surface area contributed by atoms with Crippen LogP contribution in [0.5, 0.6) is 0 Å². The molecule has 4 nitrogen and oxygen atoms in total. The number of ether oxygens (including phenoxy) is 1.